The zero-order valence-electron chi connectivity index (χ0n) is 19.4. The van der Waals surface area contributed by atoms with Gasteiger partial charge in [0.05, 0.1) is 0 Å². The molecule has 3 N–H and O–H groups in total. The summed E-state index contributed by atoms with van der Waals surface area (Å²) < 4.78 is 13.7. The monoisotopic (exact) mass is 465 g/mol. The van der Waals surface area contributed by atoms with E-state index in [9.17, 15) is 14.0 Å². The molecule has 0 spiro atoms. The molecule has 2 amide bonds. The number of benzene rings is 1. The molecule has 2 aromatic rings. The second-order valence-electron chi connectivity index (χ2n) is 10.6. The van der Waals surface area contributed by atoms with Crippen molar-refractivity contribution in [1.29, 1.82) is 0 Å². The van der Waals surface area contributed by atoms with E-state index in [1.807, 2.05) is 12.1 Å². The van der Waals surface area contributed by atoms with E-state index in [1.54, 1.807) is 18.2 Å². The van der Waals surface area contributed by atoms with Crippen molar-refractivity contribution in [3.05, 3.63) is 65.2 Å². The number of aliphatic hydroxyl groups excluding tert-OH is 1. The number of aryl methyl sites for hydroxylation is 1. The number of nitrogens with one attached hydrogen (secondary N) is 2. The second kappa shape index (κ2) is 9.10. The van der Waals surface area contributed by atoms with Gasteiger partial charge >= 0.3 is 0 Å². The summed E-state index contributed by atoms with van der Waals surface area (Å²) in [5.74, 6) is 0.0602. The van der Waals surface area contributed by atoms with E-state index in [0.717, 1.165) is 50.6 Å². The lowest BCUT2D eigenvalue weighted by molar-refractivity contribution is -0.0448. The molecule has 1 aromatic carbocycles. The van der Waals surface area contributed by atoms with Crippen LogP contribution in [-0.2, 0) is 6.42 Å². The van der Waals surface area contributed by atoms with E-state index in [-0.39, 0.29) is 29.5 Å². The van der Waals surface area contributed by atoms with E-state index in [2.05, 4.69) is 15.6 Å². The van der Waals surface area contributed by atoms with Gasteiger partial charge in [-0.3, -0.25) is 9.59 Å². The predicted octanol–water partition coefficient (Wildman–Crippen LogP) is 3.79. The maximum atomic E-state index is 13.7. The van der Waals surface area contributed by atoms with Crippen LogP contribution in [0.3, 0.4) is 0 Å². The summed E-state index contributed by atoms with van der Waals surface area (Å²) in [5, 5.41) is 15.6. The van der Waals surface area contributed by atoms with Crippen LogP contribution in [0.4, 0.5) is 4.39 Å². The highest BCUT2D eigenvalue weighted by molar-refractivity contribution is 5.95. The number of unbranched alkanes of at least 4 members (excludes halogenated alkanes) is 1. The number of aliphatic hydroxyl groups is 1. The van der Waals surface area contributed by atoms with Crippen LogP contribution in [0.15, 0.2) is 42.5 Å². The van der Waals surface area contributed by atoms with Crippen LogP contribution in [0.25, 0.3) is 0 Å². The Kier molecular flexibility index (Phi) is 6.15. The van der Waals surface area contributed by atoms with Crippen molar-refractivity contribution in [3.8, 4) is 0 Å². The smallest absolute Gasteiger partial charge is 0.270 e. The fourth-order valence-corrected chi connectivity index (χ4v) is 6.97. The number of rotatable bonds is 8. The van der Waals surface area contributed by atoms with Gasteiger partial charge in [0.15, 0.2) is 0 Å². The quantitative estimate of drug-likeness (QED) is 0.518. The molecule has 1 heterocycles. The van der Waals surface area contributed by atoms with Gasteiger partial charge in [-0.05, 0) is 100.0 Å². The van der Waals surface area contributed by atoms with Gasteiger partial charge in [0.2, 0.25) is 0 Å². The van der Waals surface area contributed by atoms with Gasteiger partial charge in [0.25, 0.3) is 11.8 Å². The Morgan fingerprint density at radius 2 is 1.65 bits per heavy atom. The van der Waals surface area contributed by atoms with E-state index < -0.39 is 5.82 Å². The molecule has 1 aromatic heterocycles. The summed E-state index contributed by atoms with van der Waals surface area (Å²) in [4.78, 5) is 30.8. The average molecular weight is 466 g/mol. The van der Waals surface area contributed by atoms with Crippen LogP contribution in [-0.4, -0.2) is 39.6 Å². The van der Waals surface area contributed by atoms with E-state index >= 15 is 0 Å². The summed E-state index contributed by atoms with van der Waals surface area (Å²) in [6.45, 7) is 0.155. The Morgan fingerprint density at radius 1 is 0.971 bits per heavy atom. The molecule has 4 bridgehead atoms. The van der Waals surface area contributed by atoms with Crippen molar-refractivity contribution in [1.82, 2.24) is 15.6 Å². The molecule has 180 valence electrons. The van der Waals surface area contributed by atoms with Crippen molar-refractivity contribution >= 4 is 11.8 Å². The van der Waals surface area contributed by atoms with E-state index in [1.165, 1.54) is 12.1 Å². The van der Waals surface area contributed by atoms with Gasteiger partial charge in [-0.25, -0.2) is 9.37 Å². The average Bonchev–Trinajstić information content (AvgIpc) is 2.78. The molecule has 4 aliphatic carbocycles. The van der Waals surface area contributed by atoms with Crippen molar-refractivity contribution in [2.24, 2.45) is 11.8 Å². The van der Waals surface area contributed by atoms with Crippen LogP contribution in [0, 0.1) is 17.7 Å². The number of hydrogen-bond acceptors (Lipinski definition) is 4. The molecule has 2 unspecified atom stereocenters. The van der Waals surface area contributed by atoms with Gasteiger partial charge in [-0.15, -0.1) is 0 Å². The molecule has 34 heavy (non-hydrogen) atoms. The zero-order valence-corrected chi connectivity index (χ0v) is 19.4. The van der Waals surface area contributed by atoms with Gasteiger partial charge in [0.1, 0.15) is 11.5 Å². The van der Waals surface area contributed by atoms with Crippen molar-refractivity contribution in [3.63, 3.8) is 0 Å². The topological polar surface area (TPSA) is 91.3 Å². The van der Waals surface area contributed by atoms with Crippen LogP contribution in [0.5, 0.6) is 0 Å². The molecule has 7 heteroatoms. The molecule has 4 saturated carbocycles. The first-order chi connectivity index (χ1) is 16.4. The predicted molar refractivity (Wildman–Crippen MR) is 126 cm³/mol. The first-order valence-electron chi connectivity index (χ1n) is 12.4. The number of carbonyl (C=O) groups is 2. The van der Waals surface area contributed by atoms with E-state index in [0.29, 0.717) is 35.9 Å². The highest BCUT2D eigenvalue weighted by Gasteiger charge is 2.58. The maximum Gasteiger partial charge on any atom is 0.270 e. The molecule has 4 aliphatic rings. The molecule has 6 nitrogen and oxygen atoms in total. The Bertz CT molecular complexity index is 1070. The summed E-state index contributed by atoms with van der Waals surface area (Å²) in [7, 11) is 0. The number of amides is 2. The van der Waals surface area contributed by atoms with Crippen LogP contribution in [0.2, 0.25) is 0 Å². The molecule has 0 saturated heterocycles. The van der Waals surface area contributed by atoms with Crippen molar-refractivity contribution < 1.29 is 19.1 Å². The van der Waals surface area contributed by atoms with Gasteiger partial charge in [-0.2, -0.15) is 0 Å². The van der Waals surface area contributed by atoms with Crippen LogP contribution < -0.4 is 10.6 Å². The van der Waals surface area contributed by atoms with Crippen molar-refractivity contribution in [2.75, 3.05) is 6.61 Å². The van der Waals surface area contributed by atoms with Crippen LogP contribution in [0.1, 0.15) is 77.9 Å². The first-order valence-corrected chi connectivity index (χ1v) is 12.4. The number of nitrogens with zero attached hydrogens (tertiary/aromatic N) is 1. The number of hydrogen-bond donors (Lipinski definition) is 3. The molecule has 4 fully saturated rings. The molecule has 0 aliphatic heterocycles. The lowest BCUT2D eigenvalue weighted by atomic mass is 9.49. The summed E-state index contributed by atoms with van der Waals surface area (Å²) in [6.07, 6.45) is 7.74. The number of pyridine rings is 1. The third kappa shape index (κ3) is 4.71. The zero-order chi connectivity index (χ0) is 23.8. The fraction of sp³-hybridized carbons (Fsp3) is 0.519. The first kappa shape index (κ1) is 23.0. The summed E-state index contributed by atoms with van der Waals surface area (Å²) in [6, 6.07) is 11.3. The Labute approximate surface area is 199 Å². The standard InChI is InChI=1S/C27H32FN3O3/c28-21-6-3-5-20(12-21)24(33)30-26-13-18-11-19(14-26)16-27(15-18,17-26)31-25(34)23-9-4-8-22(29-23)7-1-2-10-32/h3-6,8-9,12,18-19,32H,1-2,7,10-11,13-17H2,(H,30,33)(H,31,34). The third-order valence-corrected chi connectivity index (χ3v) is 7.79. The van der Waals surface area contributed by atoms with E-state index in [4.69, 9.17) is 5.11 Å². The number of aromatic nitrogens is 1. The van der Waals surface area contributed by atoms with Crippen LogP contribution >= 0.6 is 0 Å². The summed E-state index contributed by atoms with van der Waals surface area (Å²) in [5.41, 5.74) is 0.863. The summed E-state index contributed by atoms with van der Waals surface area (Å²) >= 11 is 0. The van der Waals surface area contributed by atoms with Gasteiger partial charge in [0, 0.05) is 28.9 Å². The molecule has 0 radical (unpaired) electrons. The Morgan fingerprint density at radius 3 is 2.32 bits per heavy atom. The molecule has 2 atom stereocenters. The molecular weight excluding hydrogens is 433 g/mol. The van der Waals surface area contributed by atoms with Gasteiger partial charge < -0.3 is 15.7 Å². The number of carbonyl (C=O) groups excluding carboxylic acids is 2. The Hall–Kier alpha value is -2.80. The lowest BCUT2D eigenvalue weighted by Crippen LogP contribution is -2.69. The third-order valence-electron chi connectivity index (χ3n) is 7.79. The highest BCUT2D eigenvalue weighted by Crippen LogP contribution is 2.57. The minimum absolute atomic E-state index is 0.155. The molecule has 6 rings (SSSR count). The minimum Gasteiger partial charge on any atom is -0.396 e. The maximum absolute atomic E-state index is 13.7. The number of halogens is 1. The van der Waals surface area contributed by atoms with Gasteiger partial charge in [-0.1, -0.05) is 12.1 Å². The Balaban J connectivity index is 1.31. The minimum atomic E-state index is -0.423. The highest BCUT2D eigenvalue weighted by atomic mass is 19.1. The lowest BCUT2D eigenvalue weighted by Gasteiger charge is -2.62. The second-order valence-corrected chi connectivity index (χ2v) is 10.6. The normalized spacial score (nSPS) is 29.1. The van der Waals surface area contributed by atoms with Crippen molar-refractivity contribution in [2.45, 2.75) is 68.9 Å². The fourth-order valence-electron chi connectivity index (χ4n) is 6.97. The SMILES string of the molecule is O=C(NC12CC3CC(C1)CC(NC(=O)c1cccc(CCCCO)n1)(C3)C2)c1cccc(F)c1. The molecular formula is C27H32FN3O3. The largest absolute Gasteiger partial charge is 0.396 e.